The standard InChI is InChI=1S/C16H22BrNO3/c1-8-9(2)15-13(10(3)14(8)20)11(18-12(19)7-17)6-16(4,5)21-15/h11,20H,6-7H2,1-5H3,(H,18,19). The van der Waals surface area contributed by atoms with Gasteiger partial charge in [-0.15, -0.1) is 0 Å². The number of fused-ring (bicyclic) bond motifs is 1. The monoisotopic (exact) mass is 355 g/mol. The lowest BCUT2D eigenvalue weighted by atomic mass is 9.84. The summed E-state index contributed by atoms with van der Waals surface area (Å²) in [6, 6.07) is -0.154. The van der Waals surface area contributed by atoms with Gasteiger partial charge in [-0.1, -0.05) is 15.9 Å². The summed E-state index contributed by atoms with van der Waals surface area (Å²) in [7, 11) is 0. The molecule has 0 aromatic heterocycles. The molecule has 1 atom stereocenters. The van der Waals surface area contributed by atoms with Crippen molar-refractivity contribution >= 4 is 21.8 Å². The van der Waals surface area contributed by atoms with E-state index in [2.05, 4.69) is 21.2 Å². The van der Waals surface area contributed by atoms with Crippen molar-refractivity contribution in [1.82, 2.24) is 5.32 Å². The van der Waals surface area contributed by atoms with Crippen LogP contribution in [0.4, 0.5) is 0 Å². The smallest absolute Gasteiger partial charge is 0.231 e. The number of ether oxygens (including phenoxy) is 1. The highest BCUT2D eigenvalue weighted by atomic mass is 79.9. The highest BCUT2D eigenvalue weighted by Gasteiger charge is 2.37. The van der Waals surface area contributed by atoms with Crippen molar-refractivity contribution in [3.8, 4) is 11.5 Å². The van der Waals surface area contributed by atoms with Gasteiger partial charge in [0.15, 0.2) is 0 Å². The maximum absolute atomic E-state index is 11.8. The molecule has 1 aromatic rings. The van der Waals surface area contributed by atoms with Crippen molar-refractivity contribution in [2.75, 3.05) is 5.33 Å². The summed E-state index contributed by atoms with van der Waals surface area (Å²) in [5.41, 5.74) is 3.07. The van der Waals surface area contributed by atoms with Crippen molar-refractivity contribution in [1.29, 1.82) is 0 Å². The molecule has 4 nitrogen and oxygen atoms in total. The zero-order valence-electron chi connectivity index (χ0n) is 13.1. The van der Waals surface area contributed by atoms with E-state index in [0.29, 0.717) is 6.42 Å². The molecule has 116 valence electrons. The average molecular weight is 356 g/mol. The van der Waals surface area contributed by atoms with Gasteiger partial charge in [-0.05, 0) is 45.7 Å². The molecule has 2 rings (SSSR count). The predicted octanol–water partition coefficient (Wildman–Crippen LogP) is 3.43. The fourth-order valence-corrected chi connectivity index (χ4v) is 3.11. The maximum Gasteiger partial charge on any atom is 0.231 e. The van der Waals surface area contributed by atoms with E-state index in [0.717, 1.165) is 28.0 Å². The Morgan fingerprint density at radius 2 is 1.95 bits per heavy atom. The largest absolute Gasteiger partial charge is 0.507 e. The van der Waals surface area contributed by atoms with Gasteiger partial charge >= 0.3 is 0 Å². The lowest BCUT2D eigenvalue weighted by Crippen LogP contribution is -2.42. The summed E-state index contributed by atoms with van der Waals surface area (Å²) in [6.45, 7) is 9.73. The van der Waals surface area contributed by atoms with E-state index in [1.807, 2.05) is 34.6 Å². The van der Waals surface area contributed by atoms with Crippen molar-refractivity contribution < 1.29 is 14.6 Å². The lowest BCUT2D eigenvalue weighted by Gasteiger charge is -2.40. The second-order valence-corrected chi connectivity index (χ2v) is 6.85. The van der Waals surface area contributed by atoms with Crippen LogP contribution in [-0.2, 0) is 4.79 Å². The van der Waals surface area contributed by atoms with E-state index in [9.17, 15) is 9.90 Å². The molecule has 0 radical (unpaired) electrons. The van der Waals surface area contributed by atoms with E-state index >= 15 is 0 Å². The molecule has 1 heterocycles. The van der Waals surface area contributed by atoms with E-state index in [4.69, 9.17) is 4.74 Å². The minimum absolute atomic E-state index is 0.0687. The molecular formula is C16H22BrNO3. The van der Waals surface area contributed by atoms with Crippen LogP contribution in [0.15, 0.2) is 0 Å². The number of carbonyl (C=O) groups excluding carboxylic acids is 1. The van der Waals surface area contributed by atoms with Crippen LogP contribution in [0, 0.1) is 20.8 Å². The summed E-state index contributed by atoms with van der Waals surface area (Å²) in [4.78, 5) is 11.8. The third kappa shape index (κ3) is 2.89. The summed E-state index contributed by atoms with van der Waals surface area (Å²) in [6.07, 6.45) is 0.668. The van der Waals surface area contributed by atoms with Crippen molar-refractivity contribution in [3.63, 3.8) is 0 Å². The zero-order valence-corrected chi connectivity index (χ0v) is 14.7. The van der Waals surface area contributed by atoms with Crippen LogP contribution in [0.1, 0.15) is 48.6 Å². The van der Waals surface area contributed by atoms with E-state index in [1.54, 1.807) is 0 Å². The van der Waals surface area contributed by atoms with E-state index < -0.39 is 0 Å². The van der Waals surface area contributed by atoms with Crippen molar-refractivity contribution in [2.24, 2.45) is 0 Å². The summed E-state index contributed by atoms with van der Waals surface area (Å²) in [5.74, 6) is 1.01. The molecule has 1 unspecified atom stereocenters. The molecule has 1 aromatic carbocycles. The van der Waals surface area contributed by atoms with Gasteiger partial charge in [0, 0.05) is 17.5 Å². The molecule has 0 fully saturated rings. The number of hydrogen-bond acceptors (Lipinski definition) is 3. The number of carbonyl (C=O) groups is 1. The highest BCUT2D eigenvalue weighted by Crippen LogP contribution is 2.47. The van der Waals surface area contributed by atoms with E-state index in [-0.39, 0.29) is 28.6 Å². The number of aromatic hydroxyl groups is 1. The molecule has 1 aliphatic heterocycles. The van der Waals surface area contributed by atoms with Crippen LogP contribution in [0.25, 0.3) is 0 Å². The lowest BCUT2D eigenvalue weighted by molar-refractivity contribution is -0.119. The Kier molecular flexibility index (Phi) is 4.24. The number of phenolic OH excluding ortho intramolecular Hbond substituents is 1. The number of halogens is 1. The van der Waals surface area contributed by atoms with Crippen molar-refractivity contribution in [2.45, 2.75) is 52.7 Å². The maximum atomic E-state index is 11.8. The van der Waals surface area contributed by atoms with Gasteiger partial charge in [0.25, 0.3) is 0 Å². The molecule has 0 saturated heterocycles. The Labute approximate surface area is 134 Å². The Balaban J connectivity index is 2.61. The Morgan fingerprint density at radius 3 is 2.52 bits per heavy atom. The number of benzene rings is 1. The second-order valence-electron chi connectivity index (χ2n) is 6.29. The first kappa shape index (κ1) is 16.1. The highest BCUT2D eigenvalue weighted by molar-refractivity contribution is 9.09. The summed E-state index contributed by atoms with van der Waals surface area (Å²) >= 11 is 3.18. The van der Waals surface area contributed by atoms with Crippen LogP contribution in [0.2, 0.25) is 0 Å². The molecule has 21 heavy (non-hydrogen) atoms. The normalized spacial score (nSPS) is 19.6. The molecule has 0 aliphatic carbocycles. The van der Waals surface area contributed by atoms with Gasteiger partial charge in [-0.25, -0.2) is 0 Å². The Morgan fingerprint density at radius 1 is 1.33 bits per heavy atom. The average Bonchev–Trinajstić information content (AvgIpc) is 2.41. The van der Waals surface area contributed by atoms with Crippen LogP contribution in [-0.4, -0.2) is 21.9 Å². The first-order valence-corrected chi connectivity index (χ1v) is 8.17. The van der Waals surface area contributed by atoms with Crippen LogP contribution < -0.4 is 10.1 Å². The molecule has 0 spiro atoms. The minimum Gasteiger partial charge on any atom is -0.507 e. The Bertz CT molecular complexity index is 596. The zero-order chi connectivity index (χ0) is 15.9. The fourth-order valence-electron chi connectivity index (χ4n) is 2.95. The summed E-state index contributed by atoms with van der Waals surface area (Å²) < 4.78 is 6.14. The molecular weight excluding hydrogens is 334 g/mol. The number of phenols is 1. The van der Waals surface area contributed by atoms with Gasteiger partial charge in [0.2, 0.25) is 5.91 Å². The SMILES string of the molecule is Cc1c(C)c2c(c(C)c1O)C(NC(=O)CBr)CC(C)(C)O2. The van der Waals surface area contributed by atoms with Crippen LogP contribution >= 0.6 is 15.9 Å². The topological polar surface area (TPSA) is 58.6 Å². The number of rotatable bonds is 2. The number of nitrogens with one attached hydrogen (secondary N) is 1. The third-order valence-corrected chi connectivity index (χ3v) is 4.65. The third-order valence-electron chi connectivity index (χ3n) is 4.14. The Hall–Kier alpha value is -1.23. The molecule has 1 aliphatic rings. The fraction of sp³-hybridized carbons (Fsp3) is 0.562. The number of amides is 1. The molecule has 2 N–H and O–H groups in total. The van der Waals surface area contributed by atoms with Gasteiger partial charge in [0.05, 0.1) is 11.4 Å². The molecule has 0 bridgehead atoms. The van der Waals surface area contributed by atoms with Crippen LogP contribution in [0.3, 0.4) is 0 Å². The first-order chi connectivity index (χ1) is 9.68. The van der Waals surface area contributed by atoms with Gasteiger partial charge in [0.1, 0.15) is 17.1 Å². The van der Waals surface area contributed by atoms with Gasteiger partial charge < -0.3 is 15.2 Å². The summed E-state index contributed by atoms with van der Waals surface area (Å²) in [5, 5.41) is 13.6. The molecule has 0 saturated carbocycles. The predicted molar refractivity (Wildman–Crippen MR) is 86.3 cm³/mol. The second kappa shape index (κ2) is 5.52. The minimum atomic E-state index is -0.363. The quantitative estimate of drug-likeness (QED) is 0.799. The van der Waals surface area contributed by atoms with Gasteiger partial charge in [-0.2, -0.15) is 0 Å². The van der Waals surface area contributed by atoms with Crippen molar-refractivity contribution in [3.05, 3.63) is 22.3 Å². The molecule has 1 amide bonds. The molecule has 5 heteroatoms. The van der Waals surface area contributed by atoms with Gasteiger partial charge in [-0.3, -0.25) is 4.79 Å². The number of hydrogen-bond donors (Lipinski definition) is 2. The first-order valence-electron chi connectivity index (χ1n) is 7.05. The van der Waals surface area contributed by atoms with E-state index in [1.165, 1.54) is 0 Å². The number of alkyl halides is 1. The van der Waals surface area contributed by atoms with Crippen LogP contribution in [0.5, 0.6) is 11.5 Å².